The predicted octanol–water partition coefficient (Wildman–Crippen LogP) is 0.203. The van der Waals surface area contributed by atoms with Crippen molar-refractivity contribution in [2.24, 2.45) is 0 Å². The van der Waals surface area contributed by atoms with Crippen LogP contribution in [-0.2, 0) is 4.65 Å². The van der Waals surface area contributed by atoms with Crippen LogP contribution >= 0.6 is 0 Å². The van der Waals surface area contributed by atoms with Crippen molar-refractivity contribution in [3.05, 3.63) is 36.4 Å². The highest BCUT2D eigenvalue weighted by Crippen LogP contribution is 2.05. The van der Waals surface area contributed by atoms with Crippen LogP contribution in [0.2, 0.25) is 0 Å². The topological polar surface area (TPSA) is 9.23 Å². The first-order valence-electron chi connectivity index (χ1n) is 2.99. The minimum atomic E-state index is 0.746. The van der Waals surface area contributed by atoms with E-state index in [1.807, 2.05) is 12.1 Å². The maximum Gasteiger partial charge on any atom is 0.309 e. The van der Waals surface area contributed by atoms with Crippen LogP contribution in [0.25, 0.3) is 0 Å². The highest BCUT2D eigenvalue weighted by molar-refractivity contribution is 6.49. The van der Waals surface area contributed by atoms with E-state index in [9.17, 15) is 0 Å². The van der Waals surface area contributed by atoms with E-state index in [0.717, 1.165) is 7.48 Å². The van der Waals surface area contributed by atoms with E-state index in [-0.39, 0.29) is 0 Å². The van der Waals surface area contributed by atoms with E-state index in [1.54, 1.807) is 6.61 Å². The molecule has 0 N–H and O–H groups in total. The molecule has 0 amide bonds. The van der Waals surface area contributed by atoms with Crippen LogP contribution < -0.4 is 5.46 Å². The van der Waals surface area contributed by atoms with Crippen molar-refractivity contribution in [3.8, 4) is 0 Å². The molecule has 1 nitrogen and oxygen atoms in total. The van der Waals surface area contributed by atoms with E-state index in [0.29, 0.717) is 0 Å². The smallest absolute Gasteiger partial charge is 0.309 e. The summed E-state index contributed by atoms with van der Waals surface area (Å²) >= 11 is 0. The number of hydrogen-bond donors (Lipinski definition) is 0. The van der Waals surface area contributed by atoms with E-state index in [2.05, 4.69) is 12.1 Å². The van der Waals surface area contributed by atoms with Crippen molar-refractivity contribution in [1.82, 2.24) is 0 Å². The summed E-state index contributed by atoms with van der Waals surface area (Å²) < 4.78 is 5.09. The summed E-state index contributed by atoms with van der Waals surface area (Å²) in [4.78, 5) is 0. The molecule has 1 aliphatic rings. The zero-order valence-corrected chi connectivity index (χ0v) is 5.00. The standard InChI is InChI=1S/C7H6BO/c1-2-4-7-6(3-1)5-9-8-7/h1-5,8H. The molecule has 0 aliphatic carbocycles. The van der Waals surface area contributed by atoms with Crippen LogP contribution in [0.3, 0.4) is 0 Å². The van der Waals surface area contributed by atoms with Gasteiger partial charge >= 0.3 is 7.48 Å². The highest BCUT2D eigenvalue weighted by atomic mass is 16.4. The van der Waals surface area contributed by atoms with E-state index < -0.39 is 0 Å². The molecule has 43 valence electrons. The van der Waals surface area contributed by atoms with Crippen LogP contribution in [-0.4, -0.2) is 7.48 Å². The van der Waals surface area contributed by atoms with Crippen LogP contribution in [0.15, 0.2) is 24.3 Å². The lowest BCUT2D eigenvalue weighted by Gasteiger charge is -1.90. The van der Waals surface area contributed by atoms with Gasteiger partial charge in [0.05, 0.1) is 6.61 Å². The monoisotopic (exact) mass is 117 g/mol. The Morgan fingerprint density at radius 2 is 2.11 bits per heavy atom. The van der Waals surface area contributed by atoms with Crippen molar-refractivity contribution < 1.29 is 4.65 Å². The first-order valence-corrected chi connectivity index (χ1v) is 2.99. The lowest BCUT2D eigenvalue weighted by atomic mass is 9.88. The SMILES string of the molecule is B1O[CH]c2ccccc21. The van der Waals surface area contributed by atoms with Gasteiger partial charge in [-0.2, -0.15) is 0 Å². The summed E-state index contributed by atoms with van der Waals surface area (Å²) in [5, 5.41) is 0. The quantitative estimate of drug-likeness (QED) is 0.441. The summed E-state index contributed by atoms with van der Waals surface area (Å²) in [6.45, 7) is 1.80. The number of rotatable bonds is 0. The van der Waals surface area contributed by atoms with Crippen LogP contribution in [0, 0.1) is 6.61 Å². The molecule has 1 aromatic rings. The normalized spacial score (nSPS) is 14.7. The molecule has 0 saturated carbocycles. The van der Waals surface area contributed by atoms with Crippen molar-refractivity contribution in [2.75, 3.05) is 0 Å². The van der Waals surface area contributed by atoms with Gasteiger partial charge < -0.3 is 4.65 Å². The van der Waals surface area contributed by atoms with Gasteiger partial charge in [0.25, 0.3) is 0 Å². The van der Waals surface area contributed by atoms with Gasteiger partial charge in [-0.05, 0) is 11.0 Å². The molecule has 0 atom stereocenters. The number of hydrogen-bond acceptors (Lipinski definition) is 1. The van der Waals surface area contributed by atoms with E-state index in [4.69, 9.17) is 4.65 Å². The van der Waals surface area contributed by atoms with Gasteiger partial charge in [0.1, 0.15) is 0 Å². The van der Waals surface area contributed by atoms with Gasteiger partial charge in [0.2, 0.25) is 0 Å². The fourth-order valence-corrected chi connectivity index (χ4v) is 1.00. The Balaban J connectivity index is 2.54. The van der Waals surface area contributed by atoms with E-state index >= 15 is 0 Å². The number of benzene rings is 1. The van der Waals surface area contributed by atoms with Crippen LogP contribution in [0.4, 0.5) is 0 Å². The molecule has 1 aliphatic heterocycles. The lowest BCUT2D eigenvalue weighted by molar-refractivity contribution is 0.478. The predicted molar refractivity (Wildman–Crippen MR) is 37.7 cm³/mol. The highest BCUT2D eigenvalue weighted by Gasteiger charge is 2.10. The van der Waals surface area contributed by atoms with Crippen molar-refractivity contribution in [3.63, 3.8) is 0 Å². The van der Waals surface area contributed by atoms with Crippen molar-refractivity contribution in [1.29, 1.82) is 0 Å². The molecule has 0 aromatic heterocycles. The second-order valence-corrected chi connectivity index (χ2v) is 2.13. The second kappa shape index (κ2) is 1.88. The molecule has 0 saturated heterocycles. The van der Waals surface area contributed by atoms with Gasteiger partial charge in [-0.15, -0.1) is 0 Å². The summed E-state index contributed by atoms with van der Waals surface area (Å²) in [5.74, 6) is 0. The van der Waals surface area contributed by atoms with Gasteiger partial charge in [-0.3, -0.25) is 0 Å². The molecule has 0 unspecified atom stereocenters. The molecule has 1 radical (unpaired) electrons. The minimum absolute atomic E-state index is 0.746. The fraction of sp³-hybridized carbons (Fsp3) is 0. The third-order valence-corrected chi connectivity index (χ3v) is 1.50. The molecular weight excluding hydrogens is 111 g/mol. The summed E-state index contributed by atoms with van der Waals surface area (Å²) in [6, 6.07) is 8.19. The Morgan fingerprint density at radius 3 is 3.00 bits per heavy atom. The second-order valence-electron chi connectivity index (χ2n) is 2.13. The fourth-order valence-electron chi connectivity index (χ4n) is 1.00. The molecule has 9 heavy (non-hydrogen) atoms. The average Bonchev–Trinajstić information content (AvgIpc) is 2.33. The molecule has 2 rings (SSSR count). The Bertz CT molecular complexity index is 199. The Morgan fingerprint density at radius 1 is 1.22 bits per heavy atom. The zero-order chi connectivity index (χ0) is 6.10. The molecule has 0 spiro atoms. The third kappa shape index (κ3) is 0.755. The molecule has 1 heterocycles. The van der Waals surface area contributed by atoms with Gasteiger partial charge in [0, 0.05) is 0 Å². The maximum atomic E-state index is 5.09. The maximum absolute atomic E-state index is 5.09. The Hall–Kier alpha value is -0.755. The zero-order valence-electron chi connectivity index (χ0n) is 5.00. The Labute approximate surface area is 54.9 Å². The molecule has 0 bridgehead atoms. The summed E-state index contributed by atoms with van der Waals surface area (Å²) in [7, 11) is 0.746. The molecule has 1 aromatic carbocycles. The van der Waals surface area contributed by atoms with Crippen molar-refractivity contribution >= 4 is 12.9 Å². The first-order chi connectivity index (χ1) is 4.47. The number of fused-ring (bicyclic) bond motifs is 1. The van der Waals surface area contributed by atoms with E-state index in [1.165, 1.54) is 11.0 Å². The largest absolute Gasteiger partial charge is 0.425 e. The molecule has 0 fully saturated rings. The van der Waals surface area contributed by atoms with Crippen LogP contribution in [0.5, 0.6) is 0 Å². The average molecular weight is 117 g/mol. The summed E-state index contributed by atoms with van der Waals surface area (Å²) in [6.07, 6.45) is 0. The lowest BCUT2D eigenvalue weighted by Crippen LogP contribution is -2.09. The molecular formula is C7H6BO. The summed E-state index contributed by atoms with van der Waals surface area (Å²) in [5.41, 5.74) is 2.51. The van der Waals surface area contributed by atoms with Crippen LogP contribution in [0.1, 0.15) is 5.56 Å². The minimum Gasteiger partial charge on any atom is -0.425 e. The van der Waals surface area contributed by atoms with Gasteiger partial charge in [-0.1, -0.05) is 24.3 Å². The third-order valence-electron chi connectivity index (χ3n) is 1.50. The molecule has 2 heteroatoms. The van der Waals surface area contributed by atoms with Gasteiger partial charge in [0.15, 0.2) is 0 Å². The van der Waals surface area contributed by atoms with Crippen molar-refractivity contribution in [2.45, 2.75) is 0 Å². The van der Waals surface area contributed by atoms with Gasteiger partial charge in [-0.25, -0.2) is 0 Å². The Kier molecular flexibility index (Phi) is 1.06. The first kappa shape index (κ1) is 5.06.